The molecule has 0 atom stereocenters. The van der Waals surface area contributed by atoms with Gasteiger partial charge in [-0.05, 0) is 30.7 Å². The van der Waals surface area contributed by atoms with Gasteiger partial charge in [0.2, 0.25) is 0 Å². The van der Waals surface area contributed by atoms with Crippen molar-refractivity contribution in [2.24, 2.45) is 0 Å². The van der Waals surface area contributed by atoms with Gasteiger partial charge in [-0.15, -0.1) is 0 Å². The van der Waals surface area contributed by atoms with Gasteiger partial charge in [0.25, 0.3) is 5.69 Å². The first-order valence-corrected chi connectivity index (χ1v) is 6.38. The summed E-state index contributed by atoms with van der Waals surface area (Å²) in [6.45, 7) is 1.94. The van der Waals surface area contributed by atoms with Gasteiger partial charge in [-0.1, -0.05) is 17.7 Å². The molecule has 0 heterocycles. The van der Waals surface area contributed by atoms with Crippen LogP contribution in [0.15, 0.2) is 36.4 Å². The molecule has 0 aliphatic carbocycles. The van der Waals surface area contributed by atoms with Crippen LogP contribution in [0.25, 0.3) is 0 Å². The maximum absolute atomic E-state index is 10.9. The van der Waals surface area contributed by atoms with Crippen LogP contribution in [0.1, 0.15) is 5.56 Å². The van der Waals surface area contributed by atoms with Crippen molar-refractivity contribution >= 4 is 34.4 Å². The van der Waals surface area contributed by atoms with Crippen molar-refractivity contribution in [3.05, 3.63) is 57.1 Å². The van der Waals surface area contributed by atoms with Crippen molar-refractivity contribution in [3.63, 3.8) is 0 Å². The maximum Gasteiger partial charge on any atom is 0.273 e. The van der Waals surface area contributed by atoms with E-state index in [1.54, 1.807) is 25.2 Å². The molecule has 2 aromatic carbocycles. The van der Waals surface area contributed by atoms with Crippen molar-refractivity contribution in [1.82, 2.24) is 0 Å². The molecule has 0 fully saturated rings. The lowest BCUT2D eigenvalue weighted by Gasteiger charge is -2.11. The minimum atomic E-state index is -0.420. The molecule has 0 aromatic heterocycles. The number of aryl methyl sites for hydroxylation is 1. The SMILES string of the molecule is CNc1cc(Nc2cc(Cl)ccc2C)cc([N+](=O)[O-])c1. The van der Waals surface area contributed by atoms with Crippen molar-refractivity contribution in [1.29, 1.82) is 0 Å². The highest BCUT2D eigenvalue weighted by atomic mass is 35.5. The second-order valence-corrected chi connectivity index (χ2v) is 4.80. The van der Waals surface area contributed by atoms with Gasteiger partial charge < -0.3 is 10.6 Å². The Morgan fingerprint density at radius 1 is 1.15 bits per heavy atom. The Kier molecular flexibility index (Phi) is 4.10. The van der Waals surface area contributed by atoms with Crippen LogP contribution < -0.4 is 10.6 Å². The largest absolute Gasteiger partial charge is 0.388 e. The molecule has 0 unspecified atom stereocenters. The lowest BCUT2D eigenvalue weighted by molar-refractivity contribution is -0.384. The average Bonchev–Trinajstić information content (AvgIpc) is 2.42. The van der Waals surface area contributed by atoms with Crippen molar-refractivity contribution in [2.75, 3.05) is 17.7 Å². The number of non-ortho nitro benzene ring substituents is 1. The highest BCUT2D eigenvalue weighted by Crippen LogP contribution is 2.29. The van der Waals surface area contributed by atoms with Crippen LogP contribution >= 0.6 is 11.6 Å². The summed E-state index contributed by atoms with van der Waals surface area (Å²) in [5.74, 6) is 0. The number of nitro groups is 1. The minimum absolute atomic E-state index is 0.0269. The van der Waals surface area contributed by atoms with E-state index in [0.29, 0.717) is 16.4 Å². The first kappa shape index (κ1) is 14.1. The summed E-state index contributed by atoms with van der Waals surface area (Å²) in [5.41, 5.74) is 3.15. The van der Waals surface area contributed by atoms with Crippen molar-refractivity contribution < 1.29 is 4.92 Å². The zero-order valence-electron chi connectivity index (χ0n) is 11.1. The summed E-state index contributed by atoms with van der Waals surface area (Å²) in [5, 5.41) is 17.6. The Labute approximate surface area is 121 Å². The van der Waals surface area contributed by atoms with Crippen LogP contribution in [0.4, 0.5) is 22.7 Å². The van der Waals surface area contributed by atoms with E-state index in [1.165, 1.54) is 12.1 Å². The topological polar surface area (TPSA) is 67.2 Å². The molecule has 2 rings (SSSR count). The molecular formula is C14H14ClN3O2. The van der Waals surface area contributed by atoms with Gasteiger partial charge >= 0.3 is 0 Å². The van der Waals surface area contributed by atoms with Gasteiger partial charge in [0, 0.05) is 41.3 Å². The van der Waals surface area contributed by atoms with Gasteiger partial charge in [-0.2, -0.15) is 0 Å². The summed E-state index contributed by atoms with van der Waals surface area (Å²) < 4.78 is 0. The van der Waals surface area contributed by atoms with Crippen LogP contribution in [-0.4, -0.2) is 12.0 Å². The number of benzene rings is 2. The summed E-state index contributed by atoms with van der Waals surface area (Å²) in [6, 6.07) is 10.2. The molecule has 6 heteroatoms. The molecule has 104 valence electrons. The lowest BCUT2D eigenvalue weighted by Crippen LogP contribution is -1.97. The predicted molar refractivity (Wildman–Crippen MR) is 82.1 cm³/mol. The third-order valence-corrected chi connectivity index (χ3v) is 3.13. The van der Waals surface area contributed by atoms with Crippen molar-refractivity contribution in [2.45, 2.75) is 6.92 Å². The zero-order chi connectivity index (χ0) is 14.7. The number of rotatable bonds is 4. The fourth-order valence-electron chi connectivity index (χ4n) is 1.82. The molecule has 0 bridgehead atoms. The standard InChI is InChI=1S/C14H14ClN3O2/c1-9-3-4-10(15)5-14(9)17-12-6-11(16-2)7-13(8-12)18(19)20/h3-8,16-17H,1-2H3. The lowest BCUT2D eigenvalue weighted by atomic mass is 10.2. The normalized spacial score (nSPS) is 10.2. The fourth-order valence-corrected chi connectivity index (χ4v) is 1.99. The molecule has 0 aliphatic rings. The van der Waals surface area contributed by atoms with Gasteiger partial charge in [0.1, 0.15) is 0 Å². The number of nitrogens with zero attached hydrogens (tertiary/aromatic N) is 1. The van der Waals surface area contributed by atoms with E-state index in [0.717, 1.165) is 11.3 Å². The quantitative estimate of drug-likeness (QED) is 0.649. The monoisotopic (exact) mass is 291 g/mol. The van der Waals surface area contributed by atoms with Gasteiger partial charge in [-0.25, -0.2) is 0 Å². The van der Waals surface area contributed by atoms with E-state index >= 15 is 0 Å². The molecule has 0 spiro atoms. The van der Waals surface area contributed by atoms with E-state index in [1.807, 2.05) is 13.0 Å². The Morgan fingerprint density at radius 2 is 1.85 bits per heavy atom. The predicted octanol–water partition coefficient (Wildman–Crippen LogP) is 4.34. The minimum Gasteiger partial charge on any atom is -0.388 e. The summed E-state index contributed by atoms with van der Waals surface area (Å²) >= 11 is 5.96. The number of hydrogen-bond acceptors (Lipinski definition) is 4. The van der Waals surface area contributed by atoms with Crippen LogP contribution in [0.5, 0.6) is 0 Å². The van der Waals surface area contributed by atoms with Gasteiger partial charge in [0.15, 0.2) is 0 Å². The van der Waals surface area contributed by atoms with Crippen LogP contribution in [0.2, 0.25) is 5.02 Å². The summed E-state index contributed by atoms with van der Waals surface area (Å²) in [4.78, 5) is 10.5. The molecule has 0 saturated carbocycles. The molecule has 2 N–H and O–H groups in total. The molecule has 0 saturated heterocycles. The Balaban J connectivity index is 2.39. The molecular weight excluding hydrogens is 278 g/mol. The Morgan fingerprint density at radius 3 is 2.50 bits per heavy atom. The van der Waals surface area contributed by atoms with Crippen LogP contribution in [0.3, 0.4) is 0 Å². The maximum atomic E-state index is 10.9. The third-order valence-electron chi connectivity index (χ3n) is 2.90. The second kappa shape index (κ2) is 5.79. The highest BCUT2D eigenvalue weighted by Gasteiger charge is 2.10. The highest BCUT2D eigenvalue weighted by molar-refractivity contribution is 6.30. The smallest absolute Gasteiger partial charge is 0.273 e. The number of nitro benzene ring substituents is 1. The number of hydrogen-bond donors (Lipinski definition) is 2. The van der Waals surface area contributed by atoms with E-state index in [4.69, 9.17) is 11.6 Å². The molecule has 2 aromatic rings. The fraction of sp³-hybridized carbons (Fsp3) is 0.143. The molecule has 5 nitrogen and oxygen atoms in total. The summed E-state index contributed by atoms with van der Waals surface area (Å²) in [6.07, 6.45) is 0. The van der Waals surface area contributed by atoms with E-state index in [-0.39, 0.29) is 5.69 Å². The number of halogens is 1. The number of nitrogens with one attached hydrogen (secondary N) is 2. The zero-order valence-corrected chi connectivity index (χ0v) is 11.9. The molecule has 0 amide bonds. The van der Waals surface area contributed by atoms with E-state index < -0.39 is 4.92 Å². The van der Waals surface area contributed by atoms with Gasteiger partial charge in [-0.3, -0.25) is 10.1 Å². The second-order valence-electron chi connectivity index (χ2n) is 4.36. The van der Waals surface area contributed by atoms with E-state index in [9.17, 15) is 10.1 Å². The molecule has 20 heavy (non-hydrogen) atoms. The molecule has 0 aliphatic heterocycles. The van der Waals surface area contributed by atoms with Crippen LogP contribution in [0, 0.1) is 17.0 Å². The third kappa shape index (κ3) is 3.19. The summed E-state index contributed by atoms with van der Waals surface area (Å²) in [7, 11) is 1.72. The van der Waals surface area contributed by atoms with Gasteiger partial charge in [0.05, 0.1) is 4.92 Å². The first-order valence-electron chi connectivity index (χ1n) is 6.00. The van der Waals surface area contributed by atoms with Crippen LogP contribution in [-0.2, 0) is 0 Å². The first-order chi connectivity index (χ1) is 9.49. The van der Waals surface area contributed by atoms with E-state index in [2.05, 4.69) is 10.6 Å². The molecule has 0 radical (unpaired) electrons. The number of anilines is 3. The Hall–Kier alpha value is -2.27. The van der Waals surface area contributed by atoms with Crippen molar-refractivity contribution in [3.8, 4) is 0 Å². The average molecular weight is 292 g/mol. The Bertz CT molecular complexity index is 659.